The van der Waals surface area contributed by atoms with E-state index in [-0.39, 0.29) is 27.7 Å². The van der Waals surface area contributed by atoms with Crippen LogP contribution in [0.2, 0.25) is 5.02 Å². The van der Waals surface area contributed by atoms with Crippen LogP contribution in [-0.2, 0) is 16.6 Å². The van der Waals surface area contributed by atoms with Crippen LogP contribution in [0.25, 0.3) is 0 Å². The summed E-state index contributed by atoms with van der Waals surface area (Å²) >= 11 is 6.01. The minimum absolute atomic E-state index is 0.0245. The molecule has 0 aliphatic carbocycles. The zero-order valence-electron chi connectivity index (χ0n) is 14.0. The normalized spacial score (nSPS) is 11.4. The van der Waals surface area contributed by atoms with Crippen LogP contribution in [0.3, 0.4) is 0 Å². The number of nitro benzene ring substituents is 1. The molecule has 0 aromatic heterocycles. The van der Waals surface area contributed by atoms with E-state index in [1.54, 1.807) is 0 Å². The van der Waals surface area contributed by atoms with Crippen molar-refractivity contribution in [1.82, 2.24) is 9.62 Å². The highest BCUT2D eigenvalue weighted by atomic mass is 35.5. The molecule has 0 bridgehead atoms. The Labute approximate surface area is 155 Å². The third-order valence-electron chi connectivity index (χ3n) is 3.56. The summed E-state index contributed by atoms with van der Waals surface area (Å²) in [5.74, 6) is -0.552. The third kappa shape index (κ3) is 4.37. The maximum Gasteiger partial charge on any atom is 0.269 e. The lowest BCUT2D eigenvalue weighted by Gasteiger charge is -2.13. The Morgan fingerprint density at radius 3 is 2.35 bits per heavy atom. The minimum Gasteiger partial charge on any atom is -0.348 e. The van der Waals surface area contributed by atoms with Crippen LogP contribution >= 0.6 is 11.6 Å². The number of nitrogens with zero attached hydrogens (tertiary/aromatic N) is 2. The van der Waals surface area contributed by atoms with Gasteiger partial charge in [0, 0.05) is 32.8 Å². The van der Waals surface area contributed by atoms with E-state index in [4.69, 9.17) is 11.6 Å². The number of nitrogens with one attached hydrogen (secondary N) is 1. The number of carbonyl (C=O) groups excluding carboxylic acids is 1. The molecule has 1 N–H and O–H groups in total. The molecule has 0 spiro atoms. The van der Waals surface area contributed by atoms with Gasteiger partial charge in [0.1, 0.15) is 0 Å². The van der Waals surface area contributed by atoms with Gasteiger partial charge in [-0.05, 0) is 23.8 Å². The maximum absolute atomic E-state index is 12.4. The van der Waals surface area contributed by atoms with E-state index in [0.29, 0.717) is 5.56 Å². The third-order valence-corrected chi connectivity index (χ3v) is 5.70. The van der Waals surface area contributed by atoms with Gasteiger partial charge in [0.15, 0.2) is 0 Å². The van der Waals surface area contributed by atoms with E-state index in [1.165, 1.54) is 56.6 Å². The first kappa shape index (κ1) is 19.8. The van der Waals surface area contributed by atoms with E-state index in [9.17, 15) is 23.3 Å². The number of nitro groups is 1. The number of sulfonamides is 1. The zero-order chi connectivity index (χ0) is 19.5. The second-order valence-electron chi connectivity index (χ2n) is 5.54. The summed E-state index contributed by atoms with van der Waals surface area (Å²) in [6.45, 7) is 0.109. The number of carbonyl (C=O) groups is 1. The molecular weight excluding hydrogens is 382 g/mol. The summed E-state index contributed by atoms with van der Waals surface area (Å²) < 4.78 is 25.4. The van der Waals surface area contributed by atoms with Crippen LogP contribution in [0.4, 0.5) is 5.69 Å². The molecule has 0 unspecified atom stereocenters. The molecule has 0 aliphatic heterocycles. The van der Waals surface area contributed by atoms with Crippen LogP contribution in [0.5, 0.6) is 0 Å². The summed E-state index contributed by atoms with van der Waals surface area (Å²) in [5, 5.41) is 13.4. The monoisotopic (exact) mass is 397 g/mol. The predicted molar refractivity (Wildman–Crippen MR) is 96.6 cm³/mol. The fraction of sp³-hybridized carbons (Fsp3) is 0.188. The molecular formula is C16H16ClN3O5S. The van der Waals surface area contributed by atoms with Crippen molar-refractivity contribution in [2.24, 2.45) is 0 Å². The molecule has 1 amide bonds. The lowest BCUT2D eigenvalue weighted by Crippen LogP contribution is -2.25. The summed E-state index contributed by atoms with van der Waals surface area (Å²) in [6.07, 6.45) is 0. The van der Waals surface area contributed by atoms with Crippen LogP contribution < -0.4 is 5.32 Å². The SMILES string of the molecule is CN(C)S(=O)(=O)c1ccc(Cl)c(C(=O)NCc2ccc([N+](=O)[O-])cc2)c1. The minimum atomic E-state index is -3.70. The van der Waals surface area contributed by atoms with Crippen LogP contribution in [-0.4, -0.2) is 37.6 Å². The Morgan fingerprint density at radius 2 is 1.81 bits per heavy atom. The predicted octanol–water partition coefficient (Wildman–Crippen LogP) is 2.43. The first-order valence-electron chi connectivity index (χ1n) is 7.36. The molecule has 0 fully saturated rings. The highest BCUT2D eigenvalue weighted by Crippen LogP contribution is 2.22. The number of non-ortho nitro benzene ring substituents is 1. The van der Waals surface area contributed by atoms with Crippen molar-refractivity contribution in [2.45, 2.75) is 11.4 Å². The first-order chi connectivity index (χ1) is 12.1. The van der Waals surface area contributed by atoms with Gasteiger partial charge in [-0.2, -0.15) is 0 Å². The van der Waals surface area contributed by atoms with Crippen LogP contribution in [0, 0.1) is 10.1 Å². The van der Waals surface area contributed by atoms with E-state index in [2.05, 4.69) is 5.32 Å². The van der Waals surface area contributed by atoms with Gasteiger partial charge in [0.25, 0.3) is 11.6 Å². The number of amides is 1. The second kappa shape index (κ2) is 7.81. The molecule has 0 heterocycles. The smallest absolute Gasteiger partial charge is 0.269 e. The Balaban J connectivity index is 2.18. The summed E-state index contributed by atoms with van der Waals surface area (Å²) in [7, 11) is -0.924. The first-order valence-corrected chi connectivity index (χ1v) is 9.18. The highest BCUT2D eigenvalue weighted by Gasteiger charge is 2.20. The maximum atomic E-state index is 12.4. The average Bonchev–Trinajstić information content (AvgIpc) is 2.60. The molecule has 0 saturated heterocycles. The van der Waals surface area contributed by atoms with E-state index in [1.807, 2.05) is 0 Å². The molecule has 2 aromatic rings. The van der Waals surface area contributed by atoms with Gasteiger partial charge < -0.3 is 5.32 Å². The van der Waals surface area contributed by atoms with Crippen molar-refractivity contribution in [3.63, 3.8) is 0 Å². The van der Waals surface area contributed by atoms with Crippen molar-refractivity contribution >= 4 is 33.2 Å². The molecule has 0 aliphatic rings. The van der Waals surface area contributed by atoms with Gasteiger partial charge in [-0.15, -0.1) is 0 Å². The fourth-order valence-corrected chi connectivity index (χ4v) is 3.19. The van der Waals surface area contributed by atoms with Gasteiger partial charge in [-0.1, -0.05) is 23.7 Å². The highest BCUT2D eigenvalue weighted by molar-refractivity contribution is 7.89. The summed E-state index contributed by atoms with van der Waals surface area (Å²) in [6, 6.07) is 9.59. The summed E-state index contributed by atoms with van der Waals surface area (Å²) in [4.78, 5) is 22.4. The van der Waals surface area contributed by atoms with Crippen LogP contribution in [0.15, 0.2) is 47.4 Å². The lowest BCUT2D eigenvalue weighted by molar-refractivity contribution is -0.384. The second-order valence-corrected chi connectivity index (χ2v) is 8.09. The Morgan fingerprint density at radius 1 is 1.19 bits per heavy atom. The Kier molecular flexibility index (Phi) is 5.96. The number of hydrogen-bond donors (Lipinski definition) is 1. The number of halogens is 1. The molecule has 2 aromatic carbocycles. The Bertz CT molecular complexity index is 943. The van der Waals surface area contributed by atoms with E-state index >= 15 is 0 Å². The van der Waals surface area contributed by atoms with Crippen molar-refractivity contribution in [3.8, 4) is 0 Å². The van der Waals surface area contributed by atoms with Crippen molar-refractivity contribution in [2.75, 3.05) is 14.1 Å². The average molecular weight is 398 g/mol. The van der Waals surface area contributed by atoms with Gasteiger partial charge in [-0.3, -0.25) is 14.9 Å². The molecule has 0 radical (unpaired) electrons. The molecule has 10 heteroatoms. The summed E-state index contributed by atoms with van der Waals surface area (Å²) in [5.41, 5.74) is 0.623. The number of hydrogen-bond acceptors (Lipinski definition) is 5. The fourth-order valence-electron chi connectivity index (χ4n) is 2.06. The number of rotatable bonds is 6. The molecule has 8 nitrogen and oxygen atoms in total. The largest absolute Gasteiger partial charge is 0.348 e. The van der Waals surface area contributed by atoms with E-state index in [0.717, 1.165) is 4.31 Å². The van der Waals surface area contributed by atoms with Crippen molar-refractivity contribution in [1.29, 1.82) is 0 Å². The van der Waals surface area contributed by atoms with Gasteiger partial charge in [-0.25, -0.2) is 12.7 Å². The van der Waals surface area contributed by atoms with Crippen molar-refractivity contribution in [3.05, 3.63) is 68.7 Å². The topological polar surface area (TPSA) is 110 Å². The van der Waals surface area contributed by atoms with Crippen LogP contribution in [0.1, 0.15) is 15.9 Å². The molecule has 2 rings (SSSR count). The zero-order valence-corrected chi connectivity index (χ0v) is 15.5. The van der Waals surface area contributed by atoms with Crippen molar-refractivity contribution < 1.29 is 18.1 Å². The molecule has 0 atom stereocenters. The molecule has 138 valence electrons. The van der Waals surface area contributed by atoms with E-state index < -0.39 is 20.9 Å². The number of benzene rings is 2. The van der Waals surface area contributed by atoms with Gasteiger partial charge in [0.2, 0.25) is 10.0 Å². The quantitative estimate of drug-likeness (QED) is 0.594. The molecule has 0 saturated carbocycles. The molecule has 26 heavy (non-hydrogen) atoms. The standard InChI is InChI=1S/C16H16ClN3O5S/c1-19(2)26(24,25)13-7-8-15(17)14(9-13)16(21)18-10-11-3-5-12(6-4-11)20(22)23/h3-9H,10H2,1-2H3,(H,18,21). The van der Waals surface area contributed by atoms with Gasteiger partial charge in [0.05, 0.1) is 20.4 Å². The van der Waals surface area contributed by atoms with Gasteiger partial charge >= 0.3 is 0 Å². The lowest BCUT2D eigenvalue weighted by atomic mass is 10.2. The Hall–Kier alpha value is -2.49.